The zero-order chi connectivity index (χ0) is 18.1. The molecule has 0 N–H and O–H groups in total. The summed E-state index contributed by atoms with van der Waals surface area (Å²) in [6.45, 7) is -0.127. The zero-order valence-electron chi connectivity index (χ0n) is 12.6. The van der Waals surface area contributed by atoms with Crippen LogP contribution < -0.4 is 4.31 Å². The molecule has 25 heavy (non-hydrogen) atoms. The van der Waals surface area contributed by atoms with Crippen LogP contribution in [0.15, 0.2) is 18.2 Å². The highest BCUT2D eigenvalue weighted by Gasteiger charge is 2.64. The molecule has 3 aliphatic rings. The SMILES string of the molecule is N#Cc1ccc(N2C[C@H]3[C@H]4O[C@@H](C[C@H]4F)[C@H]3S2(=O)=O)cc1C(F)(F)F. The Hall–Kier alpha value is -1.86. The Morgan fingerprint density at radius 2 is 2.04 bits per heavy atom. The van der Waals surface area contributed by atoms with E-state index in [1.54, 1.807) is 0 Å². The number of halogens is 4. The van der Waals surface area contributed by atoms with Crippen LogP contribution in [0.2, 0.25) is 0 Å². The molecular weight excluding hydrogens is 364 g/mol. The molecule has 2 bridgehead atoms. The third-order valence-electron chi connectivity index (χ3n) is 5.10. The molecule has 1 aromatic carbocycles. The van der Waals surface area contributed by atoms with Crippen molar-refractivity contribution >= 4 is 15.7 Å². The molecule has 3 fully saturated rings. The summed E-state index contributed by atoms with van der Waals surface area (Å²) >= 11 is 0. The van der Waals surface area contributed by atoms with Crippen LogP contribution in [-0.2, 0) is 20.9 Å². The first-order valence-corrected chi connectivity index (χ1v) is 9.07. The molecule has 5 nitrogen and oxygen atoms in total. The minimum absolute atomic E-state index is 0.0138. The van der Waals surface area contributed by atoms with Crippen LogP contribution >= 0.6 is 0 Å². The van der Waals surface area contributed by atoms with E-state index in [2.05, 4.69) is 0 Å². The van der Waals surface area contributed by atoms with Crippen LogP contribution in [0.5, 0.6) is 0 Å². The summed E-state index contributed by atoms with van der Waals surface area (Å²) in [4.78, 5) is 0. The summed E-state index contributed by atoms with van der Waals surface area (Å²) in [5.74, 6) is -0.608. The van der Waals surface area contributed by atoms with Crippen molar-refractivity contribution in [1.82, 2.24) is 0 Å². The van der Waals surface area contributed by atoms with Crippen molar-refractivity contribution in [3.8, 4) is 6.07 Å². The fourth-order valence-corrected chi connectivity index (χ4v) is 6.40. The molecule has 10 heteroatoms. The van der Waals surface area contributed by atoms with Gasteiger partial charge in [-0.2, -0.15) is 18.4 Å². The lowest BCUT2D eigenvalue weighted by atomic mass is 9.87. The van der Waals surface area contributed by atoms with Crippen LogP contribution in [0.25, 0.3) is 0 Å². The maximum atomic E-state index is 13.8. The average molecular weight is 376 g/mol. The van der Waals surface area contributed by atoms with Crippen molar-refractivity contribution in [3.63, 3.8) is 0 Å². The van der Waals surface area contributed by atoms with E-state index in [9.17, 15) is 26.0 Å². The second-order valence-corrected chi connectivity index (χ2v) is 8.45. The maximum Gasteiger partial charge on any atom is 0.417 e. The Labute approximate surface area is 140 Å². The van der Waals surface area contributed by atoms with Gasteiger partial charge in [0.2, 0.25) is 10.0 Å². The highest BCUT2D eigenvalue weighted by molar-refractivity contribution is 7.93. The van der Waals surface area contributed by atoms with Gasteiger partial charge in [-0.1, -0.05) is 0 Å². The standard InChI is InChI=1S/C15H12F4N2O3S/c16-11-4-12-14-9(13(11)24-12)6-21(25(14,22)23)8-2-1-7(5-20)10(3-8)15(17,18)19/h1-3,9,11-14H,4,6H2/t9-,11+,12-,13+,14-/m0/s1. The minimum Gasteiger partial charge on any atom is -0.370 e. The predicted octanol–water partition coefficient (Wildman–Crippen LogP) is 2.22. The van der Waals surface area contributed by atoms with Crippen molar-refractivity contribution in [2.45, 2.75) is 36.2 Å². The Morgan fingerprint density at radius 3 is 2.68 bits per heavy atom. The number of sulfonamides is 1. The molecule has 3 heterocycles. The van der Waals surface area contributed by atoms with Gasteiger partial charge < -0.3 is 4.74 Å². The highest BCUT2D eigenvalue weighted by atomic mass is 32.2. The summed E-state index contributed by atoms with van der Waals surface area (Å²) in [6.07, 6.45) is -7.66. The Morgan fingerprint density at radius 1 is 1.32 bits per heavy atom. The summed E-state index contributed by atoms with van der Waals surface area (Å²) < 4.78 is 85.0. The van der Waals surface area contributed by atoms with Gasteiger partial charge in [0.1, 0.15) is 11.4 Å². The molecule has 0 amide bonds. The summed E-state index contributed by atoms with van der Waals surface area (Å²) in [6, 6.07) is 4.23. The highest BCUT2D eigenvalue weighted by Crippen LogP contribution is 2.50. The zero-order valence-corrected chi connectivity index (χ0v) is 13.4. The van der Waals surface area contributed by atoms with Gasteiger partial charge >= 0.3 is 6.18 Å². The fraction of sp³-hybridized carbons (Fsp3) is 0.533. The van der Waals surface area contributed by atoms with E-state index in [0.717, 1.165) is 10.4 Å². The number of benzene rings is 1. The number of anilines is 1. The smallest absolute Gasteiger partial charge is 0.370 e. The van der Waals surface area contributed by atoms with Gasteiger partial charge in [-0.3, -0.25) is 4.31 Å². The van der Waals surface area contributed by atoms with Gasteiger partial charge in [0.05, 0.1) is 35.1 Å². The molecular formula is C15H12F4N2O3S. The van der Waals surface area contributed by atoms with E-state index in [-0.39, 0.29) is 18.7 Å². The quantitative estimate of drug-likeness (QED) is 0.705. The molecule has 0 radical (unpaired) electrons. The van der Waals surface area contributed by atoms with E-state index in [4.69, 9.17) is 10.00 Å². The molecule has 0 aromatic heterocycles. The number of hydrogen-bond acceptors (Lipinski definition) is 4. The summed E-state index contributed by atoms with van der Waals surface area (Å²) in [7, 11) is -3.96. The normalized spacial score (nSPS) is 35.6. The van der Waals surface area contributed by atoms with Crippen LogP contribution in [0.1, 0.15) is 17.5 Å². The Balaban J connectivity index is 1.76. The van der Waals surface area contributed by atoms with Gasteiger partial charge in [-0.05, 0) is 18.2 Å². The Kier molecular flexibility index (Phi) is 3.37. The molecule has 0 spiro atoms. The van der Waals surface area contributed by atoms with E-state index < -0.39 is 56.9 Å². The molecule has 3 aliphatic heterocycles. The molecule has 5 atom stereocenters. The number of ether oxygens (including phenoxy) is 1. The van der Waals surface area contributed by atoms with Gasteiger partial charge in [0.15, 0.2) is 0 Å². The summed E-state index contributed by atoms with van der Waals surface area (Å²) in [5.41, 5.74) is -1.95. The lowest BCUT2D eigenvalue weighted by Gasteiger charge is -2.22. The van der Waals surface area contributed by atoms with Crippen molar-refractivity contribution in [1.29, 1.82) is 5.26 Å². The fourth-order valence-electron chi connectivity index (χ4n) is 4.08. The first kappa shape index (κ1) is 16.6. The number of hydrogen-bond donors (Lipinski definition) is 0. The van der Waals surface area contributed by atoms with Crippen molar-refractivity contribution in [2.24, 2.45) is 5.92 Å². The number of rotatable bonds is 1. The third kappa shape index (κ3) is 2.25. The molecule has 4 rings (SSSR count). The average Bonchev–Trinajstić information content (AvgIpc) is 3.15. The van der Waals surface area contributed by atoms with Crippen LogP contribution in [0.3, 0.4) is 0 Å². The second-order valence-electron chi connectivity index (χ2n) is 6.43. The van der Waals surface area contributed by atoms with Gasteiger partial charge in [-0.25, -0.2) is 12.8 Å². The number of nitrogens with zero attached hydrogens (tertiary/aromatic N) is 2. The van der Waals surface area contributed by atoms with Crippen LogP contribution in [-0.4, -0.2) is 38.6 Å². The van der Waals surface area contributed by atoms with E-state index in [1.807, 2.05) is 0 Å². The van der Waals surface area contributed by atoms with Crippen molar-refractivity contribution in [3.05, 3.63) is 29.3 Å². The first-order valence-electron chi connectivity index (χ1n) is 7.57. The number of fused-ring (bicyclic) bond motifs is 5. The lowest BCUT2D eigenvalue weighted by molar-refractivity contribution is -0.137. The predicted molar refractivity (Wildman–Crippen MR) is 77.9 cm³/mol. The second kappa shape index (κ2) is 5.08. The van der Waals surface area contributed by atoms with Gasteiger partial charge in [0.25, 0.3) is 0 Å². The topological polar surface area (TPSA) is 70.4 Å². The lowest BCUT2D eigenvalue weighted by Crippen LogP contribution is -2.39. The molecule has 0 unspecified atom stereocenters. The molecule has 0 aliphatic carbocycles. The van der Waals surface area contributed by atoms with Gasteiger partial charge in [-0.15, -0.1) is 0 Å². The monoisotopic (exact) mass is 376 g/mol. The maximum absolute atomic E-state index is 13.8. The summed E-state index contributed by atoms with van der Waals surface area (Å²) in [5, 5.41) is 7.90. The Bertz CT molecular complexity index is 880. The van der Waals surface area contributed by atoms with Crippen LogP contribution in [0.4, 0.5) is 23.2 Å². The molecule has 1 aromatic rings. The molecule has 0 saturated carbocycles. The van der Waals surface area contributed by atoms with Gasteiger partial charge in [0, 0.05) is 18.9 Å². The van der Waals surface area contributed by atoms with E-state index in [1.165, 1.54) is 12.1 Å². The first-order chi connectivity index (χ1) is 11.6. The third-order valence-corrected chi connectivity index (χ3v) is 7.42. The van der Waals surface area contributed by atoms with Crippen LogP contribution in [0, 0.1) is 17.2 Å². The van der Waals surface area contributed by atoms with E-state index in [0.29, 0.717) is 6.07 Å². The molecule has 134 valence electrons. The van der Waals surface area contributed by atoms with Crippen molar-refractivity contribution in [2.75, 3.05) is 10.8 Å². The number of nitriles is 1. The minimum atomic E-state index is -4.79. The molecule has 3 saturated heterocycles. The van der Waals surface area contributed by atoms with Crippen molar-refractivity contribution < 1.29 is 30.7 Å². The van der Waals surface area contributed by atoms with E-state index >= 15 is 0 Å². The largest absolute Gasteiger partial charge is 0.417 e. The number of alkyl halides is 4.